The molecule has 8 heteroatoms. The molecule has 3 aliphatic rings. The Balaban J connectivity index is 0.000000144. The van der Waals surface area contributed by atoms with E-state index in [1.54, 1.807) is 12.4 Å². The molecule has 4 heterocycles. The van der Waals surface area contributed by atoms with Crippen LogP contribution in [0.5, 0.6) is 0 Å². The maximum atomic E-state index is 5.03. The van der Waals surface area contributed by atoms with Crippen LogP contribution in [0.2, 0.25) is 0 Å². The topological polar surface area (TPSA) is 103 Å². The molecule has 1 spiro atoms. The molecule has 18 aromatic rings. The molecule has 0 saturated heterocycles. The molecule has 110 heavy (non-hydrogen) atoms. The fourth-order valence-corrected chi connectivity index (χ4v) is 16.9. The fourth-order valence-electron chi connectivity index (χ4n) is 16.9. The van der Waals surface area contributed by atoms with Gasteiger partial charge in [-0.25, -0.2) is 29.9 Å². The number of rotatable bonds is 12. The van der Waals surface area contributed by atoms with Gasteiger partial charge in [0, 0.05) is 58.2 Å². The quantitative estimate of drug-likeness (QED) is 0.119. The Hall–Kier alpha value is -14.6. The average molecular weight is 1400 g/mol. The van der Waals surface area contributed by atoms with E-state index < -0.39 is 5.41 Å². The normalized spacial score (nSPS) is 12.7. The number of nitrogens with zero attached hydrogens (tertiary/aromatic N) is 8. The number of hydrogen-bond acceptors (Lipinski definition) is 8. The highest BCUT2D eigenvalue weighted by atomic mass is 15.0. The summed E-state index contributed by atoms with van der Waals surface area (Å²) in [6.07, 6.45) is 7.32. The van der Waals surface area contributed by atoms with Crippen molar-refractivity contribution < 1.29 is 0 Å². The number of hydrogen-bond donors (Lipinski definition) is 0. The zero-order chi connectivity index (χ0) is 73.0. The van der Waals surface area contributed by atoms with Crippen LogP contribution in [0.15, 0.2) is 401 Å². The third-order valence-corrected chi connectivity index (χ3v) is 22.0. The van der Waals surface area contributed by atoms with Gasteiger partial charge in [-0.15, -0.1) is 0 Å². The lowest BCUT2D eigenvalue weighted by molar-refractivity contribution is 0.769. The monoisotopic (exact) mass is 1400 g/mol. The van der Waals surface area contributed by atoms with Crippen molar-refractivity contribution in [2.75, 3.05) is 0 Å². The molecule has 514 valence electrons. The first kappa shape index (κ1) is 65.0. The van der Waals surface area contributed by atoms with Crippen LogP contribution in [-0.2, 0) is 10.8 Å². The number of aromatic nitrogens is 8. The van der Waals surface area contributed by atoms with Crippen LogP contribution < -0.4 is 0 Å². The summed E-state index contributed by atoms with van der Waals surface area (Å²) in [7, 11) is 0. The first-order valence-electron chi connectivity index (χ1n) is 37.2. The van der Waals surface area contributed by atoms with Gasteiger partial charge in [-0.05, 0) is 147 Å². The summed E-state index contributed by atoms with van der Waals surface area (Å²) in [4.78, 5) is 38.5. The summed E-state index contributed by atoms with van der Waals surface area (Å²) in [5.74, 6) is 3.80. The predicted molar refractivity (Wildman–Crippen MR) is 443 cm³/mol. The van der Waals surface area contributed by atoms with E-state index in [1.165, 1.54) is 83.5 Å². The fraction of sp³-hybridized carbons (Fsp3) is 0.0196. The summed E-state index contributed by atoms with van der Waals surface area (Å²) < 4.78 is 0. The van der Waals surface area contributed by atoms with Crippen LogP contribution in [0.4, 0.5) is 0 Å². The summed E-state index contributed by atoms with van der Waals surface area (Å²) in [6.45, 7) is 0. The Morgan fingerprint density at radius 2 is 0.382 bits per heavy atom. The molecule has 4 aromatic heterocycles. The molecule has 0 N–H and O–H groups in total. The van der Waals surface area contributed by atoms with Crippen molar-refractivity contribution in [1.29, 1.82) is 0 Å². The molecule has 8 nitrogen and oxygen atoms in total. The van der Waals surface area contributed by atoms with Gasteiger partial charge < -0.3 is 0 Å². The standard InChI is InChI=1S/C51H32N4.C51H34N4/c1-2-11-35(12-3-1)48-53-49(55-50(54-48)37-26-22-34(23-27-37)39-13-10-30-52-32-39)36-24-20-33(21-25-36)38-28-29-43-42-16-6-9-19-46(42)51(47(43)31-38)44-17-7-4-14-40(44)41-15-5-8-18-45(41)51;1-4-13-37(14-5-1)48-53-49(55-50(54-48)39-28-24-36(25-29-39)41-15-12-32-52-34-41)38-26-22-35(23-27-38)40-30-31-45-44-20-10-11-21-46(44)51(47(45)33-40,42-16-6-2-7-17-42)43-18-8-3-9-19-43/h1-32H;1-34H. The van der Waals surface area contributed by atoms with E-state index in [1.807, 2.05) is 85.2 Å². The summed E-state index contributed by atoms with van der Waals surface area (Å²) in [5.41, 5.74) is 31.9. The van der Waals surface area contributed by atoms with Gasteiger partial charge in [-0.2, -0.15) is 0 Å². The van der Waals surface area contributed by atoms with Gasteiger partial charge in [0.15, 0.2) is 34.9 Å². The van der Waals surface area contributed by atoms with E-state index >= 15 is 0 Å². The van der Waals surface area contributed by atoms with Crippen molar-refractivity contribution in [3.05, 3.63) is 445 Å². The number of fused-ring (bicyclic) bond motifs is 13. The van der Waals surface area contributed by atoms with Gasteiger partial charge in [-0.3, -0.25) is 9.97 Å². The largest absolute Gasteiger partial charge is 0.264 e. The van der Waals surface area contributed by atoms with Crippen LogP contribution in [0.1, 0.15) is 44.5 Å². The minimum absolute atomic E-state index is 0.375. The van der Waals surface area contributed by atoms with Gasteiger partial charge in [0.1, 0.15) is 0 Å². The zero-order valence-electron chi connectivity index (χ0n) is 59.7. The Kier molecular flexibility index (Phi) is 16.2. The number of pyridine rings is 2. The van der Waals surface area contributed by atoms with Gasteiger partial charge in [0.05, 0.1) is 10.8 Å². The van der Waals surface area contributed by atoms with Crippen LogP contribution in [0.3, 0.4) is 0 Å². The Morgan fingerprint density at radius 1 is 0.155 bits per heavy atom. The second kappa shape index (κ2) is 27.4. The molecule has 0 radical (unpaired) electrons. The highest BCUT2D eigenvalue weighted by molar-refractivity contribution is 5.96. The highest BCUT2D eigenvalue weighted by Crippen LogP contribution is 2.63. The van der Waals surface area contributed by atoms with Crippen molar-refractivity contribution in [3.8, 4) is 146 Å². The Labute approximate surface area is 638 Å². The molecule has 0 fully saturated rings. The van der Waals surface area contributed by atoms with Gasteiger partial charge in [0.2, 0.25) is 0 Å². The van der Waals surface area contributed by atoms with E-state index in [0.717, 1.165) is 72.3 Å². The van der Waals surface area contributed by atoms with Crippen LogP contribution in [-0.4, -0.2) is 39.9 Å². The van der Waals surface area contributed by atoms with E-state index in [4.69, 9.17) is 29.9 Å². The minimum atomic E-state index is -0.449. The van der Waals surface area contributed by atoms with Crippen LogP contribution in [0.25, 0.3) is 146 Å². The maximum Gasteiger partial charge on any atom is 0.164 e. The molecule has 0 bridgehead atoms. The van der Waals surface area contributed by atoms with Crippen LogP contribution in [0, 0.1) is 0 Å². The predicted octanol–water partition coefficient (Wildman–Crippen LogP) is 23.9. The van der Waals surface area contributed by atoms with E-state index in [0.29, 0.717) is 34.9 Å². The molecular weight excluding hydrogens is 1340 g/mol. The van der Waals surface area contributed by atoms with Gasteiger partial charge in [-0.1, -0.05) is 352 Å². The number of benzene rings is 14. The van der Waals surface area contributed by atoms with Crippen molar-refractivity contribution in [1.82, 2.24) is 39.9 Å². The first-order chi connectivity index (χ1) is 54.5. The molecule has 0 unspecified atom stereocenters. The highest BCUT2D eigenvalue weighted by Gasteiger charge is 2.52. The lowest BCUT2D eigenvalue weighted by atomic mass is 9.67. The molecule has 0 aliphatic heterocycles. The maximum absolute atomic E-state index is 5.03. The molecule has 3 aliphatic carbocycles. The van der Waals surface area contributed by atoms with Crippen molar-refractivity contribution in [3.63, 3.8) is 0 Å². The summed E-state index contributed by atoms with van der Waals surface area (Å²) >= 11 is 0. The Bertz CT molecular complexity index is 6040. The van der Waals surface area contributed by atoms with Gasteiger partial charge in [0.25, 0.3) is 0 Å². The average Bonchev–Trinajstić information content (AvgIpc) is 1.51. The molecule has 0 saturated carbocycles. The SMILES string of the molecule is c1ccc(-c2nc(-c3ccc(-c4cccnc4)cc3)nc(-c3ccc(-c4ccc5c(c4)C(c4ccccc4)(c4ccccc4)c4ccccc4-5)cc3)n2)cc1.c1ccc(-c2nc(-c3ccc(-c4cccnc4)cc3)nc(-c3ccc(-c4ccc5c(c4)C4(c6ccccc6-c6ccccc64)c4ccccc4-5)cc3)n2)cc1. The zero-order valence-corrected chi connectivity index (χ0v) is 59.7. The van der Waals surface area contributed by atoms with Crippen LogP contribution >= 0.6 is 0 Å². The molecular formula is C102H66N8. The lowest BCUT2D eigenvalue weighted by Gasteiger charge is -2.34. The molecule has 21 rings (SSSR count). The molecule has 0 atom stereocenters. The molecule has 14 aromatic carbocycles. The van der Waals surface area contributed by atoms with Crippen molar-refractivity contribution >= 4 is 0 Å². The third kappa shape index (κ3) is 11.2. The second-order valence-electron chi connectivity index (χ2n) is 28.1. The lowest BCUT2D eigenvalue weighted by Crippen LogP contribution is -2.28. The first-order valence-corrected chi connectivity index (χ1v) is 37.2. The van der Waals surface area contributed by atoms with E-state index in [9.17, 15) is 0 Å². The van der Waals surface area contributed by atoms with Crippen molar-refractivity contribution in [2.45, 2.75) is 10.8 Å². The molecule has 0 amide bonds. The summed E-state index contributed by atoms with van der Waals surface area (Å²) in [5, 5.41) is 0. The smallest absolute Gasteiger partial charge is 0.164 e. The van der Waals surface area contributed by atoms with Gasteiger partial charge >= 0.3 is 0 Å². The van der Waals surface area contributed by atoms with E-state index in [-0.39, 0.29) is 5.41 Å². The summed E-state index contributed by atoms with van der Waals surface area (Å²) in [6, 6.07) is 134. The third-order valence-electron chi connectivity index (χ3n) is 22.0. The second-order valence-corrected chi connectivity index (χ2v) is 28.1. The Morgan fingerprint density at radius 3 is 0.691 bits per heavy atom. The van der Waals surface area contributed by atoms with E-state index in [2.05, 4.69) is 313 Å². The minimum Gasteiger partial charge on any atom is -0.264 e. The van der Waals surface area contributed by atoms with Crippen molar-refractivity contribution in [2.24, 2.45) is 0 Å².